The Hall–Kier alpha value is -1.26. The zero-order valence-corrected chi connectivity index (χ0v) is 10.9. The van der Waals surface area contributed by atoms with Crippen molar-refractivity contribution in [2.24, 2.45) is 4.99 Å². The zero-order valence-electron chi connectivity index (χ0n) is 9.29. The van der Waals surface area contributed by atoms with E-state index in [1.807, 2.05) is 54.8 Å². The molecule has 2 nitrogen and oxygen atoms in total. The quantitative estimate of drug-likeness (QED) is 0.762. The molecular formula is C13H11NOS2. The first-order valence-electron chi connectivity index (χ1n) is 5.08. The number of aliphatic imine (C=N–C) groups is 1. The van der Waals surface area contributed by atoms with Crippen molar-refractivity contribution in [3.63, 3.8) is 0 Å². The minimum atomic E-state index is -0.142. The van der Waals surface area contributed by atoms with Crippen LogP contribution in [0.4, 0.5) is 0 Å². The Kier molecular flexibility index (Phi) is 4.23. The first-order valence-corrected chi connectivity index (χ1v) is 7.12. The van der Waals surface area contributed by atoms with Crippen LogP contribution >= 0.6 is 23.5 Å². The van der Waals surface area contributed by atoms with Crippen molar-refractivity contribution in [1.29, 1.82) is 0 Å². The Morgan fingerprint density at radius 3 is 2.71 bits per heavy atom. The van der Waals surface area contributed by atoms with E-state index in [0.717, 1.165) is 9.94 Å². The minimum absolute atomic E-state index is 0.142. The number of benzene rings is 1. The maximum atomic E-state index is 11.5. The van der Waals surface area contributed by atoms with Crippen molar-refractivity contribution < 1.29 is 4.79 Å². The van der Waals surface area contributed by atoms with E-state index in [-0.39, 0.29) is 5.91 Å². The van der Waals surface area contributed by atoms with Crippen LogP contribution in [0.3, 0.4) is 0 Å². The third kappa shape index (κ3) is 3.35. The van der Waals surface area contributed by atoms with Gasteiger partial charge in [-0.05, 0) is 17.9 Å². The number of carbonyl (C=O) groups is 1. The van der Waals surface area contributed by atoms with Gasteiger partial charge in [-0.2, -0.15) is 4.99 Å². The summed E-state index contributed by atoms with van der Waals surface area (Å²) in [6, 6.07) is 9.98. The third-order valence-electron chi connectivity index (χ3n) is 2.11. The molecule has 0 unspecified atom stereocenters. The summed E-state index contributed by atoms with van der Waals surface area (Å²) in [4.78, 5) is 16.1. The third-order valence-corrected chi connectivity index (χ3v) is 4.10. The predicted molar refractivity (Wildman–Crippen MR) is 77.1 cm³/mol. The summed E-state index contributed by atoms with van der Waals surface area (Å²) < 4.78 is 0.814. The molecule has 4 heteroatoms. The van der Waals surface area contributed by atoms with Crippen LogP contribution in [0.15, 0.2) is 52.4 Å². The maximum absolute atomic E-state index is 11.5. The molecule has 2 rings (SSSR count). The van der Waals surface area contributed by atoms with E-state index in [1.165, 1.54) is 23.5 Å². The van der Waals surface area contributed by atoms with Crippen molar-refractivity contribution in [3.8, 4) is 0 Å². The fourth-order valence-electron chi connectivity index (χ4n) is 1.30. The molecule has 0 aliphatic carbocycles. The smallest absolute Gasteiger partial charge is 0.266 e. The Bertz CT molecular complexity index is 503. The molecule has 0 fully saturated rings. The summed E-state index contributed by atoms with van der Waals surface area (Å²) in [5.41, 5.74) is 1.12. The van der Waals surface area contributed by atoms with Gasteiger partial charge in [0.25, 0.3) is 5.91 Å². The molecule has 86 valence electrons. The number of carbonyl (C=O) groups excluding carboxylic acids is 1. The van der Waals surface area contributed by atoms with Crippen LogP contribution in [0, 0.1) is 0 Å². The molecular weight excluding hydrogens is 250 g/mol. The topological polar surface area (TPSA) is 29.4 Å². The maximum Gasteiger partial charge on any atom is 0.285 e. The molecule has 1 aliphatic rings. The second kappa shape index (κ2) is 5.89. The van der Waals surface area contributed by atoms with Crippen molar-refractivity contribution in [1.82, 2.24) is 0 Å². The molecule has 1 aromatic carbocycles. The Morgan fingerprint density at radius 2 is 2.06 bits per heavy atom. The second-order valence-corrected chi connectivity index (χ2v) is 5.37. The molecule has 1 aliphatic heterocycles. The number of hydrogen-bond donors (Lipinski definition) is 0. The average Bonchev–Trinajstić information content (AvgIpc) is 2.72. The standard InChI is InChI=1S/C13H11NOS2/c1-16-13-14-12(15)11(17-13)9-5-8-10-6-3-2-4-7-10/h2-9H,1H3. The molecule has 0 bridgehead atoms. The second-order valence-electron chi connectivity index (χ2n) is 3.29. The molecule has 0 N–H and O–H groups in total. The van der Waals surface area contributed by atoms with E-state index in [2.05, 4.69) is 4.99 Å². The molecule has 0 radical (unpaired) electrons. The van der Waals surface area contributed by atoms with Gasteiger partial charge >= 0.3 is 0 Å². The van der Waals surface area contributed by atoms with Crippen LogP contribution in [-0.4, -0.2) is 16.5 Å². The Morgan fingerprint density at radius 1 is 1.29 bits per heavy atom. The van der Waals surface area contributed by atoms with E-state index in [1.54, 1.807) is 0 Å². The van der Waals surface area contributed by atoms with Crippen LogP contribution in [0.1, 0.15) is 5.56 Å². The lowest BCUT2D eigenvalue weighted by Gasteiger charge is -1.91. The average molecular weight is 261 g/mol. The molecule has 0 saturated carbocycles. The summed E-state index contributed by atoms with van der Waals surface area (Å²) in [5, 5.41) is 0. The van der Waals surface area contributed by atoms with E-state index < -0.39 is 0 Å². The first kappa shape index (κ1) is 12.2. The van der Waals surface area contributed by atoms with Crippen molar-refractivity contribution >= 4 is 39.9 Å². The van der Waals surface area contributed by atoms with Crippen LogP contribution in [-0.2, 0) is 4.79 Å². The summed E-state index contributed by atoms with van der Waals surface area (Å²) in [6.45, 7) is 0. The predicted octanol–water partition coefficient (Wildman–Crippen LogP) is 3.58. The van der Waals surface area contributed by atoms with Crippen LogP contribution in [0.5, 0.6) is 0 Å². The van der Waals surface area contributed by atoms with E-state index >= 15 is 0 Å². The molecule has 1 amide bonds. The largest absolute Gasteiger partial charge is 0.285 e. The Balaban J connectivity index is 2.04. The van der Waals surface area contributed by atoms with Gasteiger partial charge in [0, 0.05) is 0 Å². The van der Waals surface area contributed by atoms with E-state index in [0.29, 0.717) is 4.91 Å². The molecule has 0 atom stereocenters. The lowest BCUT2D eigenvalue weighted by atomic mass is 10.2. The molecule has 0 spiro atoms. The Labute approximate surface area is 109 Å². The fraction of sp³-hybridized carbons (Fsp3) is 0.0769. The van der Waals surface area contributed by atoms with Gasteiger partial charge in [0.1, 0.15) is 4.38 Å². The van der Waals surface area contributed by atoms with Gasteiger partial charge in [-0.1, -0.05) is 54.2 Å². The normalized spacial score (nSPS) is 18.1. The fourth-order valence-corrected chi connectivity index (χ4v) is 2.68. The number of thioether (sulfide) groups is 2. The van der Waals surface area contributed by atoms with Crippen LogP contribution < -0.4 is 0 Å². The highest BCUT2D eigenvalue weighted by atomic mass is 32.2. The van der Waals surface area contributed by atoms with Crippen molar-refractivity contribution in [3.05, 3.63) is 53.0 Å². The lowest BCUT2D eigenvalue weighted by Crippen LogP contribution is -1.86. The van der Waals surface area contributed by atoms with Gasteiger partial charge in [0.05, 0.1) is 4.91 Å². The summed E-state index contributed by atoms with van der Waals surface area (Å²) in [6.07, 6.45) is 7.58. The highest BCUT2D eigenvalue weighted by molar-refractivity contribution is 8.40. The van der Waals surface area contributed by atoms with Gasteiger partial charge in [-0.25, -0.2) is 0 Å². The number of rotatable bonds is 2. The highest BCUT2D eigenvalue weighted by Gasteiger charge is 2.19. The minimum Gasteiger partial charge on any atom is -0.266 e. The summed E-state index contributed by atoms with van der Waals surface area (Å²) >= 11 is 2.92. The SMILES string of the molecule is CSC1=NC(=O)C(=CC=Cc2ccccc2)S1. The number of nitrogens with zero attached hydrogens (tertiary/aromatic N) is 1. The zero-order chi connectivity index (χ0) is 12.1. The van der Waals surface area contributed by atoms with Crippen molar-refractivity contribution in [2.75, 3.05) is 6.26 Å². The lowest BCUT2D eigenvalue weighted by molar-refractivity contribution is -0.113. The highest BCUT2D eigenvalue weighted by Crippen LogP contribution is 2.31. The van der Waals surface area contributed by atoms with Crippen LogP contribution in [0.25, 0.3) is 6.08 Å². The van der Waals surface area contributed by atoms with Crippen LogP contribution in [0.2, 0.25) is 0 Å². The van der Waals surface area contributed by atoms with Gasteiger partial charge in [-0.3, -0.25) is 4.79 Å². The van der Waals surface area contributed by atoms with Gasteiger partial charge in [-0.15, -0.1) is 11.8 Å². The monoisotopic (exact) mass is 261 g/mol. The van der Waals surface area contributed by atoms with Gasteiger partial charge < -0.3 is 0 Å². The number of allylic oxidation sites excluding steroid dienone is 2. The molecule has 0 saturated heterocycles. The van der Waals surface area contributed by atoms with Gasteiger partial charge in [0.15, 0.2) is 0 Å². The molecule has 17 heavy (non-hydrogen) atoms. The number of amides is 1. The van der Waals surface area contributed by atoms with Crippen molar-refractivity contribution in [2.45, 2.75) is 0 Å². The molecule has 1 aromatic rings. The first-order chi connectivity index (χ1) is 8.29. The summed E-state index contributed by atoms with van der Waals surface area (Å²) in [7, 11) is 0. The molecule has 1 heterocycles. The molecule has 0 aromatic heterocycles. The summed E-state index contributed by atoms with van der Waals surface area (Å²) in [5.74, 6) is -0.142. The van der Waals surface area contributed by atoms with E-state index in [4.69, 9.17) is 0 Å². The number of hydrogen-bond acceptors (Lipinski definition) is 3. The van der Waals surface area contributed by atoms with Gasteiger partial charge in [0.2, 0.25) is 0 Å². The van der Waals surface area contributed by atoms with E-state index in [9.17, 15) is 4.79 Å².